The Labute approximate surface area is 122 Å². The molecule has 0 aliphatic rings. The van der Waals surface area contributed by atoms with Crippen molar-refractivity contribution in [3.05, 3.63) is 65.7 Å². The van der Waals surface area contributed by atoms with Crippen LogP contribution in [0.1, 0.15) is 15.9 Å². The molecule has 3 heteroatoms. The average molecular weight is 282 g/mol. The molecule has 0 atom stereocenters. The number of nitrogens with zero attached hydrogens (tertiary/aromatic N) is 1. The number of carbonyl (C=O) groups is 1. The lowest BCUT2D eigenvalue weighted by atomic mass is 10.0. The fraction of sp³-hybridized carbons (Fsp3) is 0.0588. The van der Waals surface area contributed by atoms with Gasteiger partial charge in [0.15, 0.2) is 6.29 Å². The van der Waals surface area contributed by atoms with Crippen molar-refractivity contribution in [2.75, 3.05) is 0 Å². The molecule has 3 aromatic rings. The van der Waals surface area contributed by atoms with Crippen molar-refractivity contribution in [1.82, 2.24) is 4.98 Å². The standard InChI is InChI=1S/C17H12ClNO/c18-10-12-5-7-13(8-6-12)17-15(11-20)9-14-3-1-2-4-16(14)19-17/h1-9,11H,10H2. The number of alkyl halides is 1. The van der Waals surface area contributed by atoms with E-state index in [9.17, 15) is 4.79 Å². The van der Waals surface area contributed by atoms with Crippen molar-refractivity contribution in [2.45, 2.75) is 5.88 Å². The monoisotopic (exact) mass is 281 g/mol. The second-order valence-electron chi connectivity index (χ2n) is 4.57. The summed E-state index contributed by atoms with van der Waals surface area (Å²) in [5, 5.41) is 0.968. The van der Waals surface area contributed by atoms with E-state index in [-0.39, 0.29) is 0 Å². The zero-order valence-electron chi connectivity index (χ0n) is 10.7. The predicted octanol–water partition coefficient (Wildman–Crippen LogP) is 4.45. The van der Waals surface area contributed by atoms with E-state index in [0.717, 1.165) is 28.3 Å². The van der Waals surface area contributed by atoms with Crippen LogP contribution in [0.15, 0.2) is 54.6 Å². The Balaban J connectivity index is 2.19. The van der Waals surface area contributed by atoms with Gasteiger partial charge in [-0.15, -0.1) is 11.6 Å². The van der Waals surface area contributed by atoms with Crippen molar-refractivity contribution >= 4 is 28.8 Å². The third-order valence-electron chi connectivity index (χ3n) is 3.26. The lowest BCUT2D eigenvalue weighted by Crippen LogP contribution is -1.93. The number of halogens is 1. The zero-order chi connectivity index (χ0) is 13.9. The SMILES string of the molecule is O=Cc1cc2ccccc2nc1-c1ccc(CCl)cc1. The van der Waals surface area contributed by atoms with Crippen molar-refractivity contribution in [3.63, 3.8) is 0 Å². The summed E-state index contributed by atoms with van der Waals surface area (Å²) >= 11 is 5.79. The molecule has 0 saturated heterocycles. The van der Waals surface area contributed by atoms with Crippen molar-refractivity contribution < 1.29 is 4.79 Å². The quantitative estimate of drug-likeness (QED) is 0.524. The summed E-state index contributed by atoms with van der Waals surface area (Å²) in [6, 6.07) is 17.4. The summed E-state index contributed by atoms with van der Waals surface area (Å²) in [5.74, 6) is 0.478. The maximum absolute atomic E-state index is 11.3. The molecule has 2 aromatic carbocycles. The Morgan fingerprint density at radius 3 is 2.50 bits per heavy atom. The van der Waals surface area contributed by atoms with E-state index >= 15 is 0 Å². The molecule has 0 amide bonds. The highest BCUT2D eigenvalue weighted by Gasteiger charge is 2.08. The molecule has 0 N–H and O–H groups in total. The summed E-state index contributed by atoms with van der Waals surface area (Å²) in [7, 11) is 0. The molecule has 1 aromatic heterocycles. The molecule has 20 heavy (non-hydrogen) atoms. The number of hydrogen-bond donors (Lipinski definition) is 0. The highest BCUT2D eigenvalue weighted by atomic mass is 35.5. The van der Waals surface area contributed by atoms with Crippen molar-refractivity contribution in [1.29, 1.82) is 0 Å². The third kappa shape index (κ3) is 2.30. The number of rotatable bonds is 3. The molecule has 3 rings (SSSR count). The van der Waals surface area contributed by atoms with E-state index in [1.165, 1.54) is 0 Å². The molecule has 98 valence electrons. The van der Waals surface area contributed by atoms with Gasteiger partial charge in [0.05, 0.1) is 11.2 Å². The Morgan fingerprint density at radius 2 is 1.80 bits per heavy atom. The van der Waals surface area contributed by atoms with E-state index in [1.807, 2.05) is 54.6 Å². The number of aromatic nitrogens is 1. The topological polar surface area (TPSA) is 30.0 Å². The minimum Gasteiger partial charge on any atom is -0.298 e. The second-order valence-corrected chi connectivity index (χ2v) is 4.83. The van der Waals surface area contributed by atoms with E-state index in [2.05, 4.69) is 4.98 Å². The molecule has 0 unspecified atom stereocenters. The van der Waals surface area contributed by atoms with Gasteiger partial charge in [-0.1, -0.05) is 42.5 Å². The molecule has 0 bridgehead atoms. The Hall–Kier alpha value is -2.19. The molecule has 0 radical (unpaired) electrons. The molecule has 0 fully saturated rings. The van der Waals surface area contributed by atoms with Crippen LogP contribution >= 0.6 is 11.6 Å². The largest absolute Gasteiger partial charge is 0.298 e. The van der Waals surface area contributed by atoms with Gasteiger partial charge in [-0.2, -0.15) is 0 Å². The van der Waals surface area contributed by atoms with Crippen LogP contribution < -0.4 is 0 Å². The first-order chi connectivity index (χ1) is 9.81. The maximum atomic E-state index is 11.3. The summed E-state index contributed by atoms with van der Waals surface area (Å²) < 4.78 is 0. The smallest absolute Gasteiger partial charge is 0.152 e. The summed E-state index contributed by atoms with van der Waals surface area (Å²) in [6.45, 7) is 0. The van der Waals surface area contributed by atoms with Crippen LogP contribution in [-0.2, 0) is 5.88 Å². The molecular formula is C17H12ClNO. The summed E-state index contributed by atoms with van der Waals surface area (Å²) in [5.41, 5.74) is 4.16. The fourth-order valence-electron chi connectivity index (χ4n) is 2.21. The normalized spacial score (nSPS) is 10.7. The highest BCUT2D eigenvalue weighted by molar-refractivity contribution is 6.17. The van der Waals surface area contributed by atoms with Gasteiger partial charge in [-0.25, -0.2) is 4.98 Å². The average Bonchev–Trinajstić information content (AvgIpc) is 2.53. The van der Waals surface area contributed by atoms with E-state index in [4.69, 9.17) is 11.6 Å². The van der Waals surface area contributed by atoms with Gasteiger partial charge in [0.1, 0.15) is 0 Å². The first-order valence-electron chi connectivity index (χ1n) is 6.32. The number of pyridine rings is 1. The van der Waals surface area contributed by atoms with Crippen LogP contribution in [0.4, 0.5) is 0 Å². The highest BCUT2D eigenvalue weighted by Crippen LogP contribution is 2.25. The predicted molar refractivity (Wildman–Crippen MR) is 82.1 cm³/mol. The lowest BCUT2D eigenvalue weighted by Gasteiger charge is -2.07. The molecule has 0 saturated carbocycles. The number of benzene rings is 2. The maximum Gasteiger partial charge on any atom is 0.152 e. The van der Waals surface area contributed by atoms with Crippen LogP contribution in [0, 0.1) is 0 Å². The Morgan fingerprint density at radius 1 is 1.05 bits per heavy atom. The van der Waals surface area contributed by atoms with Gasteiger partial charge in [-0.05, 0) is 17.7 Å². The van der Waals surface area contributed by atoms with E-state index < -0.39 is 0 Å². The summed E-state index contributed by atoms with van der Waals surface area (Å²) in [6.07, 6.45) is 0.851. The van der Waals surface area contributed by atoms with Crippen LogP contribution in [0.3, 0.4) is 0 Å². The minimum atomic E-state index is 0.478. The number of hydrogen-bond acceptors (Lipinski definition) is 2. The molecule has 2 nitrogen and oxygen atoms in total. The second kappa shape index (κ2) is 5.43. The first kappa shape index (κ1) is 12.8. The fourth-order valence-corrected chi connectivity index (χ4v) is 2.38. The Bertz CT molecular complexity index is 766. The molecule has 0 aliphatic carbocycles. The summed E-state index contributed by atoms with van der Waals surface area (Å²) in [4.78, 5) is 15.9. The van der Waals surface area contributed by atoms with Crippen molar-refractivity contribution in [3.8, 4) is 11.3 Å². The number of fused-ring (bicyclic) bond motifs is 1. The van der Waals surface area contributed by atoms with Crippen molar-refractivity contribution in [2.24, 2.45) is 0 Å². The van der Waals surface area contributed by atoms with Gasteiger partial charge in [0.2, 0.25) is 0 Å². The minimum absolute atomic E-state index is 0.478. The number of para-hydroxylation sites is 1. The van der Waals surface area contributed by atoms with E-state index in [1.54, 1.807) is 0 Å². The lowest BCUT2D eigenvalue weighted by molar-refractivity contribution is 0.112. The van der Waals surface area contributed by atoms with Gasteiger partial charge >= 0.3 is 0 Å². The van der Waals surface area contributed by atoms with Crippen LogP contribution in [-0.4, -0.2) is 11.3 Å². The number of aldehydes is 1. The van der Waals surface area contributed by atoms with Crippen LogP contribution in [0.5, 0.6) is 0 Å². The van der Waals surface area contributed by atoms with E-state index in [0.29, 0.717) is 17.1 Å². The van der Waals surface area contributed by atoms with Gasteiger partial charge < -0.3 is 0 Å². The molecule has 0 spiro atoms. The van der Waals surface area contributed by atoms with Crippen LogP contribution in [0.2, 0.25) is 0 Å². The zero-order valence-corrected chi connectivity index (χ0v) is 11.5. The molecule has 0 aliphatic heterocycles. The molecule has 1 heterocycles. The van der Waals surface area contributed by atoms with Gasteiger partial charge in [0.25, 0.3) is 0 Å². The van der Waals surface area contributed by atoms with Gasteiger partial charge in [0, 0.05) is 22.4 Å². The van der Waals surface area contributed by atoms with Gasteiger partial charge in [-0.3, -0.25) is 4.79 Å². The first-order valence-corrected chi connectivity index (χ1v) is 6.85. The van der Waals surface area contributed by atoms with Crippen LogP contribution in [0.25, 0.3) is 22.2 Å². The molecular weight excluding hydrogens is 270 g/mol. The number of carbonyl (C=O) groups excluding carboxylic acids is 1. The third-order valence-corrected chi connectivity index (χ3v) is 3.57. The Kier molecular flexibility index (Phi) is 3.48.